The molecule has 1 unspecified atom stereocenters. The van der Waals surface area contributed by atoms with Gasteiger partial charge in [-0.25, -0.2) is 4.79 Å². The standard InChI is InChI=1S/C16H24O3/c1-4-13(10-12-8-6-5-7-9-12)14-11-15(17)19-16(2,3)18-14/h8,11,13H,4-7,9-10H2,1-3H3. The molecule has 106 valence electrons. The molecule has 0 N–H and O–H groups in total. The van der Waals surface area contributed by atoms with Crippen LogP contribution in [0.1, 0.15) is 59.3 Å². The van der Waals surface area contributed by atoms with Crippen molar-refractivity contribution in [3.05, 3.63) is 23.5 Å². The SMILES string of the molecule is CCC(CC1=CCCCC1)C1=CC(=O)OC(C)(C)O1. The number of esters is 1. The molecule has 0 amide bonds. The highest BCUT2D eigenvalue weighted by Gasteiger charge is 2.33. The van der Waals surface area contributed by atoms with Gasteiger partial charge in [0.05, 0.1) is 6.08 Å². The summed E-state index contributed by atoms with van der Waals surface area (Å²) in [6.45, 7) is 5.71. The van der Waals surface area contributed by atoms with Crippen LogP contribution in [0.5, 0.6) is 0 Å². The van der Waals surface area contributed by atoms with Gasteiger partial charge in [0.15, 0.2) is 0 Å². The lowest BCUT2D eigenvalue weighted by Gasteiger charge is -2.34. The largest absolute Gasteiger partial charge is 0.457 e. The van der Waals surface area contributed by atoms with Crippen LogP contribution in [-0.4, -0.2) is 11.8 Å². The van der Waals surface area contributed by atoms with E-state index in [0.717, 1.165) is 18.6 Å². The van der Waals surface area contributed by atoms with Gasteiger partial charge in [-0.3, -0.25) is 0 Å². The molecule has 0 radical (unpaired) electrons. The van der Waals surface area contributed by atoms with E-state index in [-0.39, 0.29) is 11.9 Å². The van der Waals surface area contributed by atoms with Crippen LogP contribution in [0.2, 0.25) is 0 Å². The van der Waals surface area contributed by atoms with Crippen molar-refractivity contribution in [1.82, 2.24) is 0 Å². The maximum Gasteiger partial charge on any atom is 0.337 e. The summed E-state index contributed by atoms with van der Waals surface area (Å²) in [6, 6.07) is 0. The molecule has 0 bridgehead atoms. The van der Waals surface area contributed by atoms with Crippen molar-refractivity contribution in [2.75, 3.05) is 0 Å². The number of carbonyl (C=O) groups excluding carboxylic acids is 1. The third-order valence-electron chi connectivity index (χ3n) is 3.76. The summed E-state index contributed by atoms with van der Waals surface area (Å²) in [5.41, 5.74) is 1.51. The topological polar surface area (TPSA) is 35.5 Å². The second-order valence-corrected chi connectivity index (χ2v) is 5.89. The minimum Gasteiger partial charge on any atom is -0.457 e. The Balaban J connectivity index is 2.08. The van der Waals surface area contributed by atoms with Crippen molar-refractivity contribution >= 4 is 5.97 Å². The van der Waals surface area contributed by atoms with Crippen LogP contribution in [0.25, 0.3) is 0 Å². The molecule has 1 heterocycles. The fourth-order valence-electron chi connectivity index (χ4n) is 2.78. The Bertz CT molecular complexity index is 404. The van der Waals surface area contributed by atoms with E-state index in [9.17, 15) is 4.79 Å². The third-order valence-corrected chi connectivity index (χ3v) is 3.76. The third kappa shape index (κ3) is 3.85. The second-order valence-electron chi connectivity index (χ2n) is 5.89. The maximum absolute atomic E-state index is 11.6. The van der Waals surface area contributed by atoms with E-state index < -0.39 is 5.79 Å². The quantitative estimate of drug-likeness (QED) is 0.566. The summed E-state index contributed by atoms with van der Waals surface area (Å²) in [7, 11) is 0. The van der Waals surface area contributed by atoms with Gasteiger partial charge in [0.2, 0.25) is 5.79 Å². The molecule has 1 atom stereocenters. The molecule has 0 saturated carbocycles. The van der Waals surface area contributed by atoms with E-state index in [0.29, 0.717) is 0 Å². The molecule has 0 aromatic carbocycles. The number of carbonyl (C=O) groups is 1. The van der Waals surface area contributed by atoms with Crippen molar-refractivity contribution in [3.8, 4) is 0 Å². The van der Waals surface area contributed by atoms with E-state index in [4.69, 9.17) is 9.47 Å². The van der Waals surface area contributed by atoms with E-state index >= 15 is 0 Å². The molecule has 0 aromatic heterocycles. The van der Waals surface area contributed by atoms with Crippen LogP contribution in [0.15, 0.2) is 23.5 Å². The molecule has 2 aliphatic rings. The number of rotatable bonds is 4. The first-order valence-corrected chi connectivity index (χ1v) is 7.31. The van der Waals surface area contributed by atoms with E-state index in [2.05, 4.69) is 13.0 Å². The Morgan fingerprint density at radius 1 is 1.32 bits per heavy atom. The van der Waals surface area contributed by atoms with Crippen LogP contribution in [0, 0.1) is 5.92 Å². The van der Waals surface area contributed by atoms with Crippen molar-refractivity contribution < 1.29 is 14.3 Å². The van der Waals surface area contributed by atoms with Crippen molar-refractivity contribution in [3.63, 3.8) is 0 Å². The lowest BCUT2D eigenvalue weighted by molar-refractivity contribution is -0.208. The van der Waals surface area contributed by atoms with E-state index in [1.165, 1.54) is 37.3 Å². The fourth-order valence-corrected chi connectivity index (χ4v) is 2.78. The van der Waals surface area contributed by atoms with E-state index in [1.807, 2.05) is 0 Å². The first-order chi connectivity index (χ1) is 9.00. The molecule has 2 rings (SSSR count). The molecule has 0 saturated heterocycles. The van der Waals surface area contributed by atoms with Gasteiger partial charge < -0.3 is 9.47 Å². The van der Waals surface area contributed by atoms with Crippen LogP contribution in [0.3, 0.4) is 0 Å². The van der Waals surface area contributed by atoms with Gasteiger partial charge in [0.1, 0.15) is 5.76 Å². The highest BCUT2D eigenvalue weighted by Crippen LogP contribution is 2.34. The molecule has 1 aliphatic carbocycles. The Morgan fingerprint density at radius 2 is 2.11 bits per heavy atom. The average molecular weight is 264 g/mol. The zero-order chi connectivity index (χ0) is 13.9. The molecule has 3 nitrogen and oxygen atoms in total. The molecule has 1 aliphatic heterocycles. The minimum absolute atomic E-state index is 0.288. The average Bonchev–Trinajstić information content (AvgIpc) is 2.34. The van der Waals surface area contributed by atoms with Crippen molar-refractivity contribution in [1.29, 1.82) is 0 Å². The van der Waals surface area contributed by atoms with Crippen molar-refractivity contribution in [2.45, 2.75) is 65.1 Å². The van der Waals surface area contributed by atoms with Gasteiger partial charge in [0.25, 0.3) is 0 Å². The van der Waals surface area contributed by atoms with Crippen LogP contribution in [0.4, 0.5) is 0 Å². The maximum atomic E-state index is 11.6. The number of ether oxygens (including phenoxy) is 2. The van der Waals surface area contributed by atoms with Gasteiger partial charge in [-0.1, -0.05) is 18.6 Å². The van der Waals surface area contributed by atoms with Gasteiger partial charge >= 0.3 is 5.97 Å². The van der Waals surface area contributed by atoms with Gasteiger partial charge in [-0.2, -0.15) is 0 Å². The molecular weight excluding hydrogens is 240 g/mol. The predicted octanol–water partition coefficient (Wildman–Crippen LogP) is 4.10. The summed E-state index contributed by atoms with van der Waals surface area (Å²) >= 11 is 0. The molecule has 0 fully saturated rings. The van der Waals surface area contributed by atoms with Crippen LogP contribution >= 0.6 is 0 Å². The monoisotopic (exact) mass is 264 g/mol. The van der Waals surface area contributed by atoms with Gasteiger partial charge in [-0.05, 0) is 38.5 Å². The molecule has 19 heavy (non-hydrogen) atoms. The lowest BCUT2D eigenvalue weighted by atomic mass is 9.88. The first kappa shape index (κ1) is 14.2. The van der Waals surface area contributed by atoms with Crippen LogP contribution in [-0.2, 0) is 14.3 Å². The molecular formula is C16H24O3. The molecule has 0 spiro atoms. The predicted molar refractivity (Wildman–Crippen MR) is 74.3 cm³/mol. The summed E-state index contributed by atoms with van der Waals surface area (Å²) in [6.07, 6.45) is 10.8. The van der Waals surface area contributed by atoms with Gasteiger partial charge in [-0.15, -0.1) is 0 Å². The lowest BCUT2D eigenvalue weighted by Crippen LogP contribution is -2.36. The summed E-state index contributed by atoms with van der Waals surface area (Å²) < 4.78 is 11.0. The summed E-state index contributed by atoms with van der Waals surface area (Å²) in [5.74, 6) is -0.0516. The zero-order valence-corrected chi connectivity index (χ0v) is 12.2. The second kappa shape index (κ2) is 5.81. The Morgan fingerprint density at radius 3 is 2.68 bits per heavy atom. The Labute approximate surface area is 115 Å². The van der Waals surface area contributed by atoms with Gasteiger partial charge in [0, 0.05) is 19.8 Å². The molecule has 3 heteroatoms. The zero-order valence-electron chi connectivity index (χ0n) is 12.2. The number of cyclic esters (lactones) is 1. The first-order valence-electron chi connectivity index (χ1n) is 7.31. The summed E-state index contributed by atoms with van der Waals surface area (Å²) in [5, 5.41) is 0. The minimum atomic E-state index is -0.838. The molecule has 0 aromatic rings. The number of allylic oxidation sites excluding steroid dienone is 3. The normalized spacial score (nSPS) is 23.8. The van der Waals surface area contributed by atoms with Crippen molar-refractivity contribution in [2.24, 2.45) is 5.92 Å². The number of hydrogen-bond donors (Lipinski definition) is 0. The fraction of sp³-hybridized carbons (Fsp3) is 0.688. The highest BCUT2D eigenvalue weighted by atomic mass is 16.7. The van der Waals surface area contributed by atoms with E-state index in [1.54, 1.807) is 13.8 Å². The summed E-state index contributed by atoms with van der Waals surface area (Å²) in [4.78, 5) is 11.6. The Kier molecular flexibility index (Phi) is 4.33. The number of hydrogen-bond acceptors (Lipinski definition) is 3. The Hall–Kier alpha value is -1.25. The smallest absolute Gasteiger partial charge is 0.337 e. The highest BCUT2D eigenvalue weighted by molar-refractivity contribution is 5.83. The van der Waals surface area contributed by atoms with Crippen LogP contribution < -0.4 is 0 Å².